The van der Waals surface area contributed by atoms with Crippen molar-refractivity contribution in [1.29, 1.82) is 0 Å². The highest BCUT2D eigenvalue weighted by Crippen LogP contribution is 2.42. The van der Waals surface area contributed by atoms with E-state index in [1.165, 1.54) is 0 Å². The van der Waals surface area contributed by atoms with Crippen molar-refractivity contribution in [3.8, 4) is 28.5 Å². The number of H-pyrrole nitrogens is 1. The Balaban J connectivity index is 1.73. The van der Waals surface area contributed by atoms with Crippen LogP contribution < -0.4 is 4.90 Å². The summed E-state index contributed by atoms with van der Waals surface area (Å²) in [6.45, 7) is 10.1. The van der Waals surface area contributed by atoms with Gasteiger partial charge in [-0.1, -0.05) is 25.6 Å². The number of nitrogens with zero attached hydrogens (tertiary/aromatic N) is 8. The van der Waals surface area contributed by atoms with Crippen molar-refractivity contribution >= 4 is 5.82 Å². The van der Waals surface area contributed by atoms with Crippen molar-refractivity contribution in [1.82, 2.24) is 39.9 Å². The maximum Gasteiger partial charge on any atom is 0.165 e. The molecule has 1 aliphatic rings. The van der Waals surface area contributed by atoms with Crippen molar-refractivity contribution in [2.24, 2.45) is 0 Å². The number of hydrogen-bond acceptors (Lipinski definition) is 7. The first-order valence-electron chi connectivity index (χ1n) is 10.5. The van der Waals surface area contributed by atoms with Crippen LogP contribution in [0.25, 0.3) is 28.5 Å². The van der Waals surface area contributed by atoms with Gasteiger partial charge in [-0.25, -0.2) is 9.97 Å². The van der Waals surface area contributed by atoms with E-state index >= 15 is 0 Å². The Hall–Kier alpha value is -4.14. The Morgan fingerprint density at radius 1 is 1.22 bits per heavy atom. The maximum absolute atomic E-state index is 5.02. The molecule has 1 N–H and O–H groups in total. The van der Waals surface area contributed by atoms with Crippen LogP contribution in [0, 0.1) is 6.92 Å². The van der Waals surface area contributed by atoms with E-state index in [2.05, 4.69) is 48.8 Å². The van der Waals surface area contributed by atoms with Crippen molar-refractivity contribution in [2.45, 2.75) is 33.2 Å². The van der Waals surface area contributed by atoms with Crippen LogP contribution in [0.15, 0.2) is 61.2 Å². The van der Waals surface area contributed by atoms with Crippen LogP contribution in [-0.4, -0.2) is 39.9 Å². The Labute approximate surface area is 185 Å². The first kappa shape index (κ1) is 19.8. The van der Waals surface area contributed by atoms with Gasteiger partial charge in [0, 0.05) is 11.9 Å². The molecule has 0 aromatic carbocycles. The normalized spacial score (nSPS) is 15.4. The SMILES string of the molecule is C=C/C(=C\C)N1c2nc(-c3cn[nH]c3-c3ccccn3)ncc2-n2c(C)nnc2C1CC. The average Bonchev–Trinajstić information content (AvgIpc) is 3.47. The van der Waals surface area contributed by atoms with E-state index in [0.717, 1.165) is 52.2 Å². The maximum atomic E-state index is 5.02. The quantitative estimate of drug-likeness (QED) is 0.479. The van der Waals surface area contributed by atoms with Gasteiger partial charge in [0.25, 0.3) is 0 Å². The predicted molar refractivity (Wildman–Crippen MR) is 122 cm³/mol. The standard InChI is InChI=1S/C23H23N9/c1-5-15(6-2)32-18(7-3)23-30-28-14(4)31(23)19-13-25-21(27-22(19)32)16-12-26-29-20(16)17-10-8-9-11-24-17/h5-6,8-13,18H,1,7H2,2-4H3,(H,26,29)/b15-6+. The average molecular weight is 426 g/mol. The molecule has 32 heavy (non-hydrogen) atoms. The van der Waals surface area contributed by atoms with E-state index in [9.17, 15) is 0 Å². The zero-order valence-electron chi connectivity index (χ0n) is 18.2. The molecular formula is C23H23N9. The van der Waals surface area contributed by atoms with E-state index in [4.69, 9.17) is 4.98 Å². The predicted octanol–water partition coefficient (Wildman–Crippen LogP) is 4.18. The van der Waals surface area contributed by atoms with Crippen molar-refractivity contribution in [3.63, 3.8) is 0 Å². The summed E-state index contributed by atoms with van der Waals surface area (Å²) >= 11 is 0. The number of nitrogens with one attached hydrogen (secondary N) is 1. The Bertz CT molecular complexity index is 1320. The number of aromatic amines is 1. The number of rotatable bonds is 5. The molecule has 5 heterocycles. The van der Waals surface area contributed by atoms with Crippen LogP contribution >= 0.6 is 0 Å². The molecule has 5 rings (SSSR count). The number of aromatic nitrogens is 8. The summed E-state index contributed by atoms with van der Waals surface area (Å²) < 4.78 is 2.04. The molecule has 0 fully saturated rings. The van der Waals surface area contributed by atoms with Gasteiger partial charge in [-0.15, -0.1) is 10.2 Å². The minimum absolute atomic E-state index is 0.0322. The van der Waals surface area contributed by atoms with Crippen LogP contribution in [-0.2, 0) is 0 Å². The molecule has 9 nitrogen and oxygen atoms in total. The zero-order valence-corrected chi connectivity index (χ0v) is 18.2. The van der Waals surface area contributed by atoms with Crippen molar-refractivity contribution in [3.05, 3.63) is 72.9 Å². The highest BCUT2D eigenvalue weighted by Gasteiger charge is 2.36. The fraction of sp³-hybridized carbons (Fsp3) is 0.217. The van der Waals surface area contributed by atoms with Gasteiger partial charge in [0.05, 0.1) is 35.4 Å². The fourth-order valence-corrected chi connectivity index (χ4v) is 4.17. The Morgan fingerprint density at radius 3 is 2.81 bits per heavy atom. The summed E-state index contributed by atoms with van der Waals surface area (Å²) in [5.74, 6) is 3.01. The minimum atomic E-state index is -0.0322. The molecule has 1 unspecified atom stereocenters. The van der Waals surface area contributed by atoms with Gasteiger partial charge < -0.3 is 4.90 Å². The third-order valence-electron chi connectivity index (χ3n) is 5.65. The summed E-state index contributed by atoms with van der Waals surface area (Å²) in [6, 6.07) is 5.71. The molecule has 0 spiro atoms. The van der Waals surface area contributed by atoms with Gasteiger partial charge in [-0.05, 0) is 38.5 Å². The summed E-state index contributed by atoms with van der Waals surface area (Å²) in [7, 11) is 0. The van der Waals surface area contributed by atoms with Gasteiger partial charge >= 0.3 is 0 Å². The highest BCUT2D eigenvalue weighted by atomic mass is 15.4. The Morgan fingerprint density at radius 2 is 2.09 bits per heavy atom. The number of hydrogen-bond donors (Lipinski definition) is 1. The highest BCUT2D eigenvalue weighted by molar-refractivity contribution is 5.77. The molecule has 0 radical (unpaired) electrons. The van der Waals surface area contributed by atoms with Crippen LogP contribution in [0.3, 0.4) is 0 Å². The van der Waals surface area contributed by atoms with E-state index < -0.39 is 0 Å². The lowest BCUT2D eigenvalue weighted by molar-refractivity contribution is 0.575. The van der Waals surface area contributed by atoms with Gasteiger partial charge in [-0.2, -0.15) is 5.10 Å². The van der Waals surface area contributed by atoms with Crippen LogP contribution in [0.4, 0.5) is 5.82 Å². The van der Waals surface area contributed by atoms with Crippen molar-refractivity contribution < 1.29 is 0 Å². The van der Waals surface area contributed by atoms with Gasteiger partial charge in [0.2, 0.25) is 0 Å². The summed E-state index contributed by atoms with van der Waals surface area (Å²) in [4.78, 5) is 16.3. The van der Waals surface area contributed by atoms with E-state index in [1.54, 1.807) is 12.4 Å². The molecule has 160 valence electrons. The Kier molecular flexibility index (Phi) is 4.85. The van der Waals surface area contributed by atoms with E-state index in [1.807, 2.05) is 55.0 Å². The topological polar surface area (TPSA) is 101 Å². The van der Waals surface area contributed by atoms with Gasteiger partial charge in [-0.3, -0.25) is 14.6 Å². The molecule has 9 heteroatoms. The molecule has 4 aromatic rings. The largest absolute Gasteiger partial charge is 0.314 e. The molecular weight excluding hydrogens is 402 g/mol. The molecule has 1 atom stereocenters. The second kappa shape index (κ2) is 7.84. The van der Waals surface area contributed by atoms with E-state index in [0.29, 0.717) is 5.82 Å². The summed E-state index contributed by atoms with van der Waals surface area (Å²) in [5.41, 5.74) is 4.12. The third-order valence-corrected chi connectivity index (χ3v) is 5.65. The second-order valence-electron chi connectivity index (χ2n) is 7.43. The molecule has 0 aliphatic carbocycles. The first-order valence-corrected chi connectivity index (χ1v) is 10.5. The number of pyridine rings is 1. The lowest BCUT2D eigenvalue weighted by atomic mass is 10.1. The van der Waals surface area contributed by atoms with Crippen LogP contribution in [0.1, 0.15) is 38.0 Å². The smallest absolute Gasteiger partial charge is 0.165 e. The molecule has 0 amide bonds. The lowest BCUT2D eigenvalue weighted by Crippen LogP contribution is -2.35. The van der Waals surface area contributed by atoms with Crippen molar-refractivity contribution in [2.75, 3.05) is 4.90 Å². The van der Waals surface area contributed by atoms with Crippen LogP contribution in [0.5, 0.6) is 0 Å². The molecule has 0 saturated carbocycles. The number of aryl methyl sites for hydroxylation is 1. The number of fused-ring (bicyclic) bond motifs is 3. The van der Waals surface area contributed by atoms with E-state index in [-0.39, 0.29) is 6.04 Å². The monoisotopic (exact) mass is 425 g/mol. The number of anilines is 1. The molecule has 1 aliphatic heterocycles. The second-order valence-corrected chi connectivity index (χ2v) is 7.43. The molecule has 0 bridgehead atoms. The van der Waals surface area contributed by atoms with Gasteiger partial charge in [0.15, 0.2) is 17.5 Å². The lowest BCUT2D eigenvalue weighted by Gasteiger charge is -2.37. The first-order chi connectivity index (χ1) is 15.7. The zero-order chi connectivity index (χ0) is 22.2. The fourth-order valence-electron chi connectivity index (χ4n) is 4.17. The minimum Gasteiger partial charge on any atom is -0.314 e. The number of allylic oxidation sites excluding steroid dienone is 2. The summed E-state index contributed by atoms with van der Waals surface area (Å²) in [6.07, 6.45) is 9.99. The van der Waals surface area contributed by atoms with Crippen LogP contribution in [0.2, 0.25) is 0 Å². The molecule has 0 saturated heterocycles. The molecule has 4 aromatic heterocycles. The third kappa shape index (κ3) is 2.93. The van der Waals surface area contributed by atoms with Gasteiger partial charge in [0.1, 0.15) is 11.5 Å². The summed E-state index contributed by atoms with van der Waals surface area (Å²) in [5, 5.41) is 16.1.